The molecule has 2 saturated heterocycles. The van der Waals surface area contributed by atoms with Crippen LogP contribution < -0.4 is 14.7 Å². The molecule has 1 unspecified atom stereocenters. The van der Waals surface area contributed by atoms with Crippen LogP contribution in [0.2, 0.25) is 0 Å². The third-order valence-electron chi connectivity index (χ3n) is 8.44. The normalized spacial score (nSPS) is 19.6. The lowest BCUT2D eigenvalue weighted by atomic mass is 10.0. The van der Waals surface area contributed by atoms with Crippen molar-refractivity contribution in [2.75, 3.05) is 74.6 Å². The number of aromatic nitrogens is 2. The maximum atomic E-state index is 12.2. The number of aromatic hydroxyl groups is 1. The number of hydrogen-bond donors (Lipinski definition) is 1. The van der Waals surface area contributed by atoms with Crippen molar-refractivity contribution < 1.29 is 9.90 Å². The lowest BCUT2D eigenvalue weighted by Gasteiger charge is -2.38. The molecule has 6 rings (SSSR count). The summed E-state index contributed by atoms with van der Waals surface area (Å²) in [6, 6.07) is 12.4. The minimum absolute atomic E-state index is 0.0131. The number of nitrogens with zero attached hydrogens (tertiary/aromatic N) is 7. The van der Waals surface area contributed by atoms with Crippen molar-refractivity contribution in [3.05, 3.63) is 60.3 Å². The van der Waals surface area contributed by atoms with E-state index in [1.165, 1.54) is 11.6 Å². The molecule has 1 aromatic heterocycles. The van der Waals surface area contributed by atoms with Gasteiger partial charge >= 0.3 is 0 Å². The van der Waals surface area contributed by atoms with E-state index in [4.69, 9.17) is 9.97 Å². The van der Waals surface area contributed by atoms with E-state index >= 15 is 0 Å². The Kier molecular flexibility index (Phi) is 6.76. The Labute approximate surface area is 229 Å². The number of fused-ring (bicyclic) bond motifs is 2. The van der Waals surface area contributed by atoms with Crippen LogP contribution in [0.15, 0.2) is 49.1 Å². The second-order valence-corrected chi connectivity index (χ2v) is 11.0. The lowest BCUT2D eigenvalue weighted by Crippen LogP contribution is -2.49. The maximum absolute atomic E-state index is 12.2. The number of phenolic OH excluding ortho intramolecular Hbond substituents is 1. The summed E-state index contributed by atoms with van der Waals surface area (Å²) >= 11 is 0. The smallest absolute Gasteiger partial charge is 0.246 e. The molecule has 3 aliphatic heterocycles. The Bertz CT molecular complexity index is 1400. The summed E-state index contributed by atoms with van der Waals surface area (Å²) in [5.41, 5.74) is 3.28. The zero-order chi connectivity index (χ0) is 27.1. The first-order valence-electron chi connectivity index (χ1n) is 13.9. The third-order valence-corrected chi connectivity index (χ3v) is 8.44. The molecule has 204 valence electrons. The molecular formula is C30H37N7O2. The van der Waals surface area contributed by atoms with Gasteiger partial charge < -0.3 is 29.6 Å². The monoisotopic (exact) mass is 527 g/mol. The molecule has 2 fully saturated rings. The summed E-state index contributed by atoms with van der Waals surface area (Å²) < 4.78 is 0. The number of carbonyl (C=O) groups is 1. The van der Waals surface area contributed by atoms with Crippen molar-refractivity contribution in [2.24, 2.45) is 0 Å². The second kappa shape index (κ2) is 10.4. The molecule has 0 bridgehead atoms. The molecule has 0 aliphatic carbocycles. The fourth-order valence-corrected chi connectivity index (χ4v) is 6.16. The van der Waals surface area contributed by atoms with Crippen LogP contribution in [0.4, 0.5) is 17.5 Å². The van der Waals surface area contributed by atoms with Gasteiger partial charge in [0.25, 0.3) is 0 Å². The molecule has 3 aliphatic rings. The van der Waals surface area contributed by atoms with Crippen LogP contribution in [0.1, 0.15) is 17.7 Å². The number of piperazine rings is 1. The molecule has 9 heteroatoms. The quantitative estimate of drug-likeness (QED) is 0.508. The molecule has 1 atom stereocenters. The van der Waals surface area contributed by atoms with Crippen LogP contribution in [-0.2, 0) is 17.8 Å². The number of likely N-dealkylation sites (N-methyl/N-ethyl adjacent to an activating group) is 1. The molecule has 3 aromatic rings. The number of rotatable bonds is 5. The minimum atomic E-state index is -0.0131. The molecular weight excluding hydrogens is 490 g/mol. The first-order chi connectivity index (χ1) is 18.9. The predicted molar refractivity (Wildman–Crippen MR) is 156 cm³/mol. The Morgan fingerprint density at radius 3 is 2.56 bits per heavy atom. The number of carbonyl (C=O) groups excluding carboxylic acids is 1. The van der Waals surface area contributed by atoms with Crippen LogP contribution in [0.3, 0.4) is 0 Å². The SMILES string of the molecule is C=CC(=O)N1CCN(c2nc(N3CCC(N(C)C)C3)nc3c2CCN(c2cc(O)cc4ccccc24)C3)CC1. The van der Waals surface area contributed by atoms with Crippen molar-refractivity contribution >= 4 is 34.1 Å². The van der Waals surface area contributed by atoms with Gasteiger partial charge in [-0.1, -0.05) is 30.8 Å². The van der Waals surface area contributed by atoms with E-state index in [-0.39, 0.29) is 11.7 Å². The summed E-state index contributed by atoms with van der Waals surface area (Å²) in [4.78, 5) is 33.6. The van der Waals surface area contributed by atoms with Gasteiger partial charge in [-0.3, -0.25) is 4.79 Å². The summed E-state index contributed by atoms with van der Waals surface area (Å²) in [5, 5.41) is 12.6. The maximum Gasteiger partial charge on any atom is 0.246 e. The van der Waals surface area contributed by atoms with E-state index in [1.54, 1.807) is 0 Å². The summed E-state index contributed by atoms with van der Waals surface area (Å²) in [7, 11) is 4.27. The van der Waals surface area contributed by atoms with E-state index in [2.05, 4.69) is 46.3 Å². The largest absolute Gasteiger partial charge is 0.508 e. The van der Waals surface area contributed by atoms with Gasteiger partial charge in [0.15, 0.2) is 0 Å². The van der Waals surface area contributed by atoms with Crippen molar-refractivity contribution in [2.45, 2.75) is 25.4 Å². The van der Waals surface area contributed by atoms with Crippen LogP contribution >= 0.6 is 0 Å². The summed E-state index contributed by atoms with van der Waals surface area (Å²) in [5.74, 6) is 2.06. The highest BCUT2D eigenvalue weighted by atomic mass is 16.3. The van der Waals surface area contributed by atoms with E-state index in [0.29, 0.717) is 25.7 Å². The third kappa shape index (κ3) is 4.87. The molecule has 0 radical (unpaired) electrons. The Balaban J connectivity index is 1.35. The molecule has 39 heavy (non-hydrogen) atoms. The van der Waals surface area contributed by atoms with Gasteiger partial charge in [-0.15, -0.1) is 0 Å². The summed E-state index contributed by atoms with van der Waals surface area (Å²) in [6.07, 6.45) is 3.31. The molecule has 0 spiro atoms. The van der Waals surface area contributed by atoms with Crippen LogP contribution in [0.25, 0.3) is 10.8 Å². The van der Waals surface area contributed by atoms with Crippen LogP contribution in [0.5, 0.6) is 5.75 Å². The lowest BCUT2D eigenvalue weighted by molar-refractivity contribution is -0.126. The highest BCUT2D eigenvalue weighted by Crippen LogP contribution is 2.37. The highest BCUT2D eigenvalue weighted by Gasteiger charge is 2.32. The van der Waals surface area contributed by atoms with Crippen LogP contribution in [0, 0.1) is 0 Å². The van der Waals surface area contributed by atoms with Gasteiger partial charge in [-0.2, -0.15) is 4.98 Å². The van der Waals surface area contributed by atoms with Gasteiger partial charge in [-0.05, 0) is 44.5 Å². The standard InChI is InChI=1S/C30H37N7O2/c1-4-28(39)34-13-15-35(16-14-34)29-25-10-12-36(27-18-23(38)17-21-7-5-6-8-24(21)27)20-26(25)31-30(32-29)37-11-9-22(19-37)33(2)3/h4-8,17-18,22,38H,1,9-16,19-20H2,2-3H3. The molecule has 1 amide bonds. The van der Waals surface area contributed by atoms with Gasteiger partial charge in [-0.25, -0.2) is 4.98 Å². The topological polar surface area (TPSA) is 79.3 Å². The number of phenols is 1. The number of amides is 1. The Morgan fingerprint density at radius 2 is 1.82 bits per heavy atom. The number of benzene rings is 2. The fraction of sp³-hybridized carbons (Fsp3) is 0.433. The Morgan fingerprint density at radius 1 is 1.03 bits per heavy atom. The predicted octanol–water partition coefficient (Wildman–Crippen LogP) is 2.87. The summed E-state index contributed by atoms with van der Waals surface area (Å²) in [6.45, 7) is 9.76. The van der Waals surface area contributed by atoms with Crippen molar-refractivity contribution in [1.29, 1.82) is 0 Å². The van der Waals surface area contributed by atoms with E-state index in [1.807, 2.05) is 35.2 Å². The van der Waals surface area contributed by atoms with E-state index in [9.17, 15) is 9.90 Å². The van der Waals surface area contributed by atoms with Gasteiger partial charge in [0.2, 0.25) is 11.9 Å². The van der Waals surface area contributed by atoms with Crippen LogP contribution in [-0.4, -0.2) is 96.7 Å². The van der Waals surface area contributed by atoms with E-state index in [0.717, 1.165) is 79.5 Å². The molecule has 0 saturated carbocycles. The van der Waals surface area contributed by atoms with Crippen molar-refractivity contribution in [3.8, 4) is 5.75 Å². The van der Waals surface area contributed by atoms with Gasteiger partial charge in [0.05, 0.1) is 12.2 Å². The van der Waals surface area contributed by atoms with Gasteiger partial charge in [0.1, 0.15) is 11.6 Å². The number of anilines is 3. The van der Waals surface area contributed by atoms with Crippen molar-refractivity contribution in [1.82, 2.24) is 19.8 Å². The minimum Gasteiger partial charge on any atom is -0.508 e. The molecule has 2 aromatic carbocycles. The highest BCUT2D eigenvalue weighted by molar-refractivity contribution is 5.95. The van der Waals surface area contributed by atoms with Gasteiger partial charge in [0, 0.05) is 74.6 Å². The second-order valence-electron chi connectivity index (χ2n) is 11.0. The fourth-order valence-electron chi connectivity index (χ4n) is 6.16. The Hall–Kier alpha value is -3.85. The average Bonchev–Trinajstić information content (AvgIpc) is 3.46. The first kappa shape index (κ1) is 25.4. The zero-order valence-corrected chi connectivity index (χ0v) is 22.9. The van der Waals surface area contributed by atoms with E-state index < -0.39 is 0 Å². The molecule has 1 N–H and O–H groups in total. The molecule has 9 nitrogen and oxygen atoms in total. The molecule has 4 heterocycles. The average molecular weight is 528 g/mol. The number of hydrogen-bond acceptors (Lipinski definition) is 8. The zero-order valence-electron chi connectivity index (χ0n) is 22.9. The van der Waals surface area contributed by atoms with Crippen molar-refractivity contribution in [3.63, 3.8) is 0 Å². The first-order valence-corrected chi connectivity index (χ1v) is 13.9.